The molecule has 1 aliphatic rings. The molecule has 0 fully saturated rings. The normalized spacial score (nSPS) is 18.2. The summed E-state index contributed by atoms with van der Waals surface area (Å²) >= 11 is 0. The third-order valence-corrected chi connectivity index (χ3v) is 4.68. The first-order chi connectivity index (χ1) is 9.97. The van der Waals surface area contributed by atoms with E-state index in [0.29, 0.717) is 12.0 Å². The zero-order chi connectivity index (χ0) is 15.5. The molecule has 0 spiro atoms. The second-order valence-electron chi connectivity index (χ2n) is 4.74. The lowest BCUT2D eigenvalue weighted by molar-refractivity contribution is 0.0917. The van der Waals surface area contributed by atoms with Crippen LogP contribution in [0.5, 0.6) is 0 Å². The first-order valence-corrected chi connectivity index (χ1v) is 7.94. The Labute approximate surface area is 122 Å². The van der Waals surface area contributed by atoms with Crippen LogP contribution in [-0.2, 0) is 21.2 Å². The number of methoxy groups -OCH3 is 1. The molecule has 0 aromatic heterocycles. The third kappa shape index (κ3) is 3.58. The van der Waals surface area contributed by atoms with E-state index in [2.05, 4.69) is 10.0 Å². The lowest BCUT2D eigenvalue weighted by atomic mass is 9.96. The molecule has 0 saturated heterocycles. The molecule has 21 heavy (non-hydrogen) atoms. The van der Waals surface area contributed by atoms with Gasteiger partial charge in [0.05, 0.1) is 17.5 Å². The standard InChI is InChI=1S/C13H17FN2O4S/c1-20-5-4-15-21(18,19)11-3-2-9-6-10(8-14)16-13(17)12(9)7-11/h2-3,7,10,15H,4-6,8H2,1H3,(H,16,17). The number of hydrogen-bond acceptors (Lipinski definition) is 4. The summed E-state index contributed by atoms with van der Waals surface area (Å²) in [5.41, 5.74) is 0.923. The number of carbonyl (C=O) groups excluding carboxylic acids is 1. The fourth-order valence-corrected chi connectivity index (χ4v) is 3.19. The number of ether oxygens (including phenoxy) is 1. The summed E-state index contributed by atoms with van der Waals surface area (Å²) in [7, 11) is -2.22. The van der Waals surface area contributed by atoms with Gasteiger partial charge in [-0.15, -0.1) is 0 Å². The Hall–Kier alpha value is -1.51. The van der Waals surface area contributed by atoms with Crippen molar-refractivity contribution < 1.29 is 22.3 Å². The second-order valence-corrected chi connectivity index (χ2v) is 6.51. The molecule has 1 unspecified atom stereocenters. The maximum atomic E-state index is 12.7. The number of fused-ring (bicyclic) bond motifs is 1. The minimum atomic E-state index is -3.69. The quantitative estimate of drug-likeness (QED) is 0.736. The molecule has 2 rings (SSSR count). The first kappa shape index (κ1) is 15.9. The highest BCUT2D eigenvalue weighted by molar-refractivity contribution is 7.89. The van der Waals surface area contributed by atoms with Crippen LogP contribution in [0.1, 0.15) is 15.9 Å². The molecule has 6 nitrogen and oxygen atoms in total. The molecule has 1 aliphatic heterocycles. The average Bonchev–Trinajstić information content (AvgIpc) is 2.46. The molecular formula is C13H17FN2O4S. The predicted molar refractivity (Wildman–Crippen MR) is 74.4 cm³/mol. The Morgan fingerprint density at radius 2 is 2.24 bits per heavy atom. The molecule has 1 amide bonds. The van der Waals surface area contributed by atoms with Gasteiger partial charge in [-0.05, 0) is 24.1 Å². The smallest absolute Gasteiger partial charge is 0.251 e. The van der Waals surface area contributed by atoms with Crippen LogP contribution in [0.2, 0.25) is 0 Å². The summed E-state index contributed by atoms with van der Waals surface area (Å²) in [6.07, 6.45) is 0.356. The van der Waals surface area contributed by atoms with Crippen molar-refractivity contribution in [1.29, 1.82) is 0 Å². The van der Waals surface area contributed by atoms with E-state index in [1.807, 2.05) is 0 Å². The fourth-order valence-electron chi connectivity index (χ4n) is 2.15. The van der Waals surface area contributed by atoms with Gasteiger partial charge in [-0.1, -0.05) is 6.07 Å². The van der Waals surface area contributed by atoms with E-state index in [1.165, 1.54) is 19.2 Å². The van der Waals surface area contributed by atoms with Gasteiger partial charge in [0.15, 0.2) is 0 Å². The van der Waals surface area contributed by atoms with Gasteiger partial charge in [0.25, 0.3) is 5.91 Å². The van der Waals surface area contributed by atoms with Crippen molar-refractivity contribution in [3.05, 3.63) is 29.3 Å². The van der Waals surface area contributed by atoms with Crippen molar-refractivity contribution in [2.75, 3.05) is 26.9 Å². The van der Waals surface area contributed by atoms with Crippen molar-refractivity contribution >= 4 is 15.9 Å². The van der Waals surface area contributed by atoms with E-state index in [9.17, 15) is 17.6 Å². The first-order valence-electron chi connectivity index (χ1n) is 6.46. The number of hydrogen-bond donors (Lipinski definition) is 2. The Kier molecular flexibility index (Phi) is 4.92. The molecule has 1 aromatic rings. The highest BCUT2D eigenvalue weighted by Gasteiger charge is 2.26. The van der Waals surface area contributed by atoms with Crippen LogP contribution in [-0.4, -0.2) is 47.3 Å². The van der Waals surface area contributed by atoms with E-state index in [4.69, 9.17) is 4.74 Å². The van der Waals surface area contributed by atoms with Gasteiger partial charge < -0.3 is 10.1 Å². The zero-order valence-electron chi connectivity index (χ0n) is 11.6. The van der Waals surface area contributed by atoms with Crippen LogP contribution < -0.4 is 10.0 Å². The highest BCUT2D eigenvalue weighted by Crippen LogP contribution is 2.21. The van der Waals surface area contributed by atoms with Gasteiger partial charge in [0.1, 0.15) is 6.67 Å². The number of nitrogens with one attached hydrogen (secondary N) is 2. The number of carbonyl (C=O) groups is 1. The van der Waals surface area contributed by atoms with E-state index < -0.39 is 28.6 Å². The molecule has 0 aliphatic carbocycles. The van der Waals surface area contributed by atoms with Crippen LogP contribution in [0.4, 0.5) is 4.39 Å². The summed E-state index contributed by atoms with van der Waals surface area (Å²) in [6.45, 7) is -0.251. The van der Waals surface area contributed by atoms with Crippen molar-refractivity contribution in [2.45, 2.75) is 17.4 Å². The molecule has 0 radical (unpaired) electrons. The number of alkyl halides is 1. The molecule has 0 saturated carbocycles. The highest BCUT2D eigenvalue weighted by atomic mass is 32.2. The van der Waals surface area contributed by atoms with Crippen LogP contribution in [0, 0.1) is 0 Å². The Morgan fingerprint density at radius 3 is 2.90 bits per heavy atom. The minimum absolute atomic E-state index is 0.00574. The van der Waals surface area contributed by atoms with Crippen LogP contribution in [0.15, 0.2) is 23.1 Å². The van der Waals surface area contributed by atoms with Gasteiger partial charge in [-0.25, -0.2) is 17.5 Å². The van der Waals surface area contributed by atoms with E-state index in [0.717, 1.165) is 0 Å². The minimum Gasteiger partial charge on any atom is -0.383 e. The van der Waals surface area contributed by atoms with E-state index in [1.54, 1.807) is 6.07 Å². The number of halogens is 1. The van der Waals surface area contributed by atoms with Crippen molar-refractivity contribution in [2.24, 2.45) is 0 Å². The Bertz CT molecular complexity index is 633. The molecule has 1 atom stereocenters. The topological polar surface area (TPSA) is 84.5 Å². The Morgan fingerprint density at radius 1 is 1.48 bits per heavy atom. The molecule has 8 heteroatoms. The van der Waals surface area contributed by atoms with Gasteiger partial charge in [-0.2, -0.15) is 0 Å². The number of rotatable bonds is 6. The van der Waals surface area contributed by atoms with Crippen LogP contribution in [0.3, 0.4) is 0 Å². The van der Waals surface area contributed by atoms with Crippen molar-refractivity contribution in [3.8, 4) is 0 Å². The lowest BCUT2D eigenvalue weighted by Gasteiger charge is -2.23. The maximum absolute atomic E-state index is 12.7. The predicted octanol–water partition coefficient (Wildman–Crippen LogP) is 0.235. The molecule has 2 N–H and O–H groups in total. The monoisotopic (exact) mass is 316 g/mol. The zero-order valence-corrected chi connectivity index (χ0v) is 12.4. The summed E-state index contributed by atoms with van der Waals surface area (Å²) in [5, 5.41) is 2.50. The fraction of sp³-hybridized carbons (Fsp3) is 0.462. The Balaban J connectivity index is 2.25. The van der Waals surface area contributed by atoms with Gasteiger partial charge >= 0.3 is 0 Å². The largest absolute Gasteiger partial charge is 0.383 e. The maximum Gasteiger partial charge on any atom is 0.251 e. The SMILES string of the molecule is COCCNS(=O)(=O)c1ccc2c(c1)C(=O)NC(CF)C2. The average molecular weight is 316 g/mol. The molecule has 116 valence electrons. The van der Waals surface area contributed by atoms with Gasteiger partial charge in [0.2, 0.25) is 10.0 Å². The second kappa shape index (κ2) is 6.50. The van der Waals surface area contributed by atoms with Crippen LogP contribution in [0.25, 0.3) is 0 Å². The van der Waals surface area contributed by atoms with Gasteiger partial charge in [-0.3, -0.25) is 4.79 Å². The summed E-state index contributed by atoms with van der Waals surface area (Å²) in [5.74, 6) is -0.451. The number of sulfonamides is 1. The van der Waals surface area contributed by atoms with Gasteiger partial charge in [0, 0.05) is 19.2 Å². The molecule has 1 heterocycles. The third-order valence-electron chi connectivity index (χ3n) is 3.22. The summed E-state index contributed by atoms with van der Waals surface area (Å²) < 4.78 is 43.9. The van der Waals surface area contributed by atoms with Crippen molar-refractivity contribution in [1.82, 2.24) is 10.0 Å². The molecule has 1 aromatic carbocycles. The van der Waals surface area contributed by atoms with Crippen LogP contribution >= 0.6 is 0 Å². The molecule has 0 bridgehead atoms. The number of benzene rings is 1. The van der Waals surface area contributed by atoms with E-state index in [-0.39, 0.29) is 23.6 Å². The summed E-state index contributed by atoms with van der Waals surface area (Å²) in [6, 6.07) is 3.74. The summed E-state index contributed by atoms with van der Waals surface area (Å²) in [4.78, 5) is 11.9. The number of amides is 1. The molecular weight excluding hydrogens is 299 g/mol. The van der Waals surface area contributed by atoms with Crippen molar-refractivity contribution in [3.63, 3.8) is 0 Å². The van der Waals surface area contributed by atoms with E-state index >= 15 is 0 Å². The lowest BCUT2D eigenvalue weighted by Crippen LogP contribution is -2.42.